The van der Waals surface area contributed by atoms with Crippen LogP contribution in [0.15, 0.2) is 18.2 Å². The monoisotopic (exact) mass is 263 g/mol. The van der Waals surface area contributed by atoms with E-state index in [2.05, 4.69) is 11.8 Å². The van der Waals surface area contributed by atoms with Crippen molar-refractivity contribution in [3.05, 3.63) is 29.3 Å². The van der Waals surface area contributed by atoms with Gasteiger partial charge in [0, 0.05) is 12.7 Å². The van der Waals surface area contributed by atoms with Gasteiger partial charge < -0.3 is 19.9 Å². The molecule has 19 heavy (non-hydrogen) atoms. The first-order chi connectivity index (χ1) is 9.21. The molecule has 0 spiro atoms. The van der Waals surface area contributed by atoms with Gasteiger partial charge in [0.05, 0.1) is 33.0 Å². The maximum atomic E-state index is 5.71. The molecular formula is C15H21NO3. The van der Waals surface area contributed by atoms with E-state index in [4.69, 9.17) is 19.9 Å². The van der Waals surface area contributed by atoms with E-state index in [1.165, 1.54) is 0 Å². The first-order valence-electron chi connectivity index (χ1n) is 6.17. The van der Waals surface area contributed by atoms with Crippen LogP contribution in [0.2, 0.25) is 0 Å². The van der Waals surface area contributed by atoms with Crippen molar-refractivity contribution >= 4 is 0 Å². The molecule has 0 saturated heterocycles. The fourth-order valence-electron chi connectivity index (χ4n) is 1.60. The van der Waals surface area contributed by atoms with E-state index in [0.717, 1.165) is 16.9 Å². The van der Waals surface area contributed by atoms with E-state index < -0.39 is 0 Å². The predicted octanol–water partition coefficient (Wildman–Crippen LogP) is 1.56. The number of ether oxygens (including phenoxy) is 3. The average molecular weight is 263 g/mol. The second kappa shape index (κ2) is 8.54. The molecule has 1 rings (SSSR count). The van der Waals surface area contributed by atoms with E-state index in [9.17, 15) is 0 Å². The van der Waals surface area contributed by atoms with Crippen molar-refractivity contribution in [1.82, 2.24) is 0 Å². The predicted molar refractivity (Wildman–Crippen MR) is 75.1 cm³/mol. The quantitative estimate of drug-likeness (QED) is 0.791. The molecule has 0 aliphatic rings. The Labute approximate surface area is 114 Å². The third kappa shape index (κ3) is 5.31. The van der Waals surface area contributed by atoms with Gasteiger partial charge in [0.1, 0.15) is 5.75 Å². The summed E-state index contributed by atoms with van der Waals surface area (Å²) in [6, 6.07) is 5.73. The minimum Gasteiger partial charge on any atom is -0.497 e. The van der Waals surface area contributed by atoms with E-state index >= 15 is 0 Å². The van der Waals surface area contributed by atoms with Crippen molar-refractivity contribution in [2.45, 2.75) is 19.6 Å². The standard InChI is InChI=1S/C15H21NO3/c1-12(10-17-2)19-11-14-9-15(18-3)7-6-13(14)5-4-8-16/h6-7,9,12H,8,10-11,16H2,1-3H3. The van der Waals surface area contributed by atoms with Gasteiger partial charge in [0.2, 0.25) is 0 Å². The number of hydrogen-bond acceptors (Lipinski definition) is 4. The zero-order chi connectivity index (χ0) is 14.1. The summed E-state index contributed by atoms with van der Waals surface area (Å²) in [7, 11) is 3.29. The van der Waals surface area contributed by atoms with E-state index in [1.807, 2.05) is 25.1 Å². The summed E-state index contributed by atoms with van der Waals surface area (Å²) in [6.07, 6.45) is 0.0338. The molecule has 0 fully saturated rings. The highest BCUT2D eigenvalue weighted by atomic mass is 16.5. The Kier molecular flexibility index (Phi) is 6.98. The van der Waals surface area contributed by atoms with Gasteiger partial charge in [-0.1, -0.05) is 11.8 Å². The van der Waals surface area contributed by atoms with Crippen molar-refractivity contribution in [2.24, 2.45) is 5.73 Å². The molecule has 1 aromatic carbocycles. The molecular weight excluding hydrogens is 242 g/mol. The SMILES string of the molecule is COCC(C)OCc1cc(OC)ccc1C#CCN. The molecule has 0 heterocycles. The highest BCUT2D eigenvalue weighted by Crippen LogP contribution is 2.18. The van der Waals surface area contributed by atoms with E-state index in [1.54, 1.807) is 14.2 Å². The molecule has 0 amide bonds. The molecule has 0 saturated carbocycles. The normalized spacial score (nSPS) is 11.6. The summed E-state index contributed by atoms with van der Waals surface area (Å²) in [6.45, 7) is 3.34. The van der Waals surface area contributed by atoms with Crippen LogP contribution in [-0.2, 0) is 16.1 Å². The van der Waals surface area contributed by atoms with Gasteiger partial charge in [-0.15, -0.1) is 0 Å². The lowest BCUT2D eigenvalue weighted by molar-refractivity contribution is -0.000242. The van der Waals surface area contributed by atoms with Crippen LogP contribution in [0.4, 0.5) is 0 Å². The molecule has 104 valence electrons. The van der Waals surface area contributed by atoms with Crippen LogP contribution in [0.3, 0.4) is 0 Å². The summed E-state index contributed by atoms with van der Waals surface area (Å²) in [5.41, 5.74) is 7.30. The third-order valence-corrected chi connectivity index (χ3v) is 2.56. The second-order valence-electron chi connectivity index (χ2n) is 4.11. The molecule has 4 heteroatoms. The van der Waals surface area contributed by atoms with Crippen LogP contribution in [0.25, 0.3) is 0 Å². The molecule has 1 atom stereocenters. The molecule has 1 aromatic rings. The highest BCUT2D eigenvalue weighted by Gasteiger charge is 2.06. The zero-order valence-corrected chi connectivity index (χ0v) is 11.7. The number of benzene rings is 1. The van der Waals surface area contributed by atoms with Crippen LogP contribution < -0.4 is 10.5 Å². The number of nitrogens with two attached hydrogens (primary N) is 1. The summed E-state index contributed by atoms with van der Waals surface area (Å²) >= 11 is 0. The van der Waals surface area contributed by atoms with Crippen molar-refractivity contribution in [1.29, 1.82) is 0 Å². The van der Waals surface area contributed by atoms with Gasteiger partial charge in [-0.3, -0.25) is 0 Å². The van der Waals surface area contributed by atoms with Crippen LogP contribution in [0.5, 0.6) is 5.75 Å². The number of hydrogen-bond donors (Lipinski definition) is 1. The minimum atomic E-state index is 0.0338. The lowest BCUT2D eigenvalue weighted by Crippen LogP contribution is -2.14. The third-order valence-electron chi connectivity index (χ3n) is 2.56. The van der Waals surface area contributed by atoms with Gasteiger partial charge in [-0.25, -0.2) is 0 Å². The number of rotatable bonds is 6. The smallest absolute Gasteiger partial charge is 0.119 e. The highest BCUT2D eigenvalue weighted by molar-refractivity contribution is 5.45. The Morgan fingerprint density at radius 3 is 2.74 bits per heavy atom. The first-order valence-corrected chi connectivity index (χ1v) is 6.17. The van der Waals surface area contributed by atoms with E-state index in [0.29, 0.717) is 19.8 Å². The van der Waals surface area contributed by atoms with Gasteiger partial charge >= 0.3 is 0 Å². The van der Waals surface area contributed by atoms with E-state index in [-0.39, 0.29) is 6.10 Å². The van der Waals surface area contributed by atoms with Crippen LogP contribution in [-0.4, -0.2) is 33.5 Å². The van der Waals surface area contributed by atoms with Crippen molar-refractivity contribution in [3.63, 3.8) is 0 Å². The molecule has 0 aliphatic carbocycles. The Morgan fingerprint density at radius 2 is 2.11 bits per heavy atom. The molecule has 1 unspecified atom stereocenters. The van der Waals surface area contributed by atoms with Crippen molar-refractivity contribution in [3.8, 4) is 17.6 Å². The van der Waals surface area contributed by atoms with Crippen molar-refractivity contribution < 1.29 is 14.2 Å². The lowest BCUT2D eigenvalue weighted by Gasteiger charge is -2.13. The number of methoxy groups -OCH3 is 2. The summed E-state index contributed by atoms with van der Waals surface area (Å²) in [4.78, 5) is 0. The zero-order valence-electron chi connectivity index (χ0n) is 11.7. The van der Waals surface area contributed by atoms with Crippen molar-refractivity contribution in [2.75, 3.05) is 27.4 Å². The fourth-order valence-corrected chi connectivity index (χ4v) is 1.60. The second-order valence-corrected chi connectivity index (χ2v) is 4.11. The molecule has 0 aliphatic heterocycles. The Hall–Kier alpha value is -1.54. The molecule has 0 radical (unpaired) electrons. The summed E-state index contributed by atoms with van der Waals surface area (Å²) in [5.74, 6) is 6.68. The van der Waals surface area contributed by atoms with Gasteiger partial charge in [-0.2, -0.15) is 0 Å². The largest absolute Gasteiger partial charge is 0.497 e. The fraction of sp³-hybridized carbons (Fsp3) is 0.467. The average Bonchev–Trinajstić information content (AvgIpc) is 2.43. The maximum Gasteiger partial charge on any atom is 0.119 e. The van der Waals surface area contributed by atoms with Gasteiger partial charge in [-0.05, 0) is 30.7 Å². The van der Waals surface area contributed by atoms with Crippen LogP contribution >= 0.6 is 0 Å². The summed E-state index contributed by atoms with van der Waals surface area (Å²) in [5, 5.41) is 0. The Bertz CT molecular complexity index is 448. The van der Waals surface area contributed by atoms with Gasteiger partial charge in [0.25, 0.3) is 0 Å². The molecule has 2 N–H and O–H groups in total. The maximum absolute atomic E-state index is 5.71. The van der Waals surface area contributed by atoms with Crippen LogP contribution in [0.1, 0.15) is 18.1 Å². The summed E-state index contributed by atoms with van der Waals surface area (Å²) < 4.78 is 16.0. The molecule has 0 aromatic heterocycles. The topological polar surface area (TPSA) is 53.7 Å². The molecule has 4 nitrogen and oxygen atoms in total. The van der Waals surface area contributed by atoms with Gasteiger partial charge in [0.15, 0.2) is 0 Å². The minimum absolute atomic E-state index is 0.0338. The van der Waals surface area contributed by atoms with Crippen LogP contribution in [0, 0.1) is 11.8 Å². The lowest BCUT2D eigenvalue weighted by atomic mass is 10.1. The molecule has 0 bridgehead atoms. The Balaban J connectivity index is 2.82. The Morgan fingerprint density at radius 1 is 1.32 bits per heavy atom. The first kappa shape index (κ1) is 15.5.